The summed E-state index contributed by atoms with van der Waals surface area (Å²) in [6, 6.07) is 0.641. The summed E-state index contributed by atoms with van der Waals surface area (Å²) < 4.78 is 0. The van der Waals surface area contributed by atoms with Crippen LogP contribution in [-0.4, -0.2) is 24.1 Å². The van der Waals surface area contributed by atoms with E-state index >= 15 is 0 Å². The van der Waals surface area contributed by atoms with E-state index in [0.29, 0.717) is 6.04 Å². The lowest BCUT2D eigenvalue weighted by Gasteiger charge is -2.20. The van der Waals surface area contributed by atoms with Gasteiger partial charge in [-0.2, -0.15) is 0 Å². The molecule has 1 N–H and O–H groups in total. The van der Waals surface area contributed by atoms with Crippen molar-refractivity contribution in [2.75, 3.05) is 18.0 Å². The van der Waals surface area contributed by atoms with Crippen molar-refractivity contribution in [1.29, 1.82) is 0 Å². The standard InChI is InChI=1S/C15H27N3S/c1-5-7-16-9-14-13(6-2)17-15(19-14)18-10-11(3)8-12(18)4/h11-12,16H,5-10H2,1-4H3. The first-order valence-electron chi connectivity index (χ1n) is 7.61. The van der Waals surface area contributed by atoms with E-state index in [1.54, 1.807) is 0 Å². The Morgan fingerprint density at radius 1 is 1.37 bits per heavy atom. The molecule has 0 aromatic carbocycles. The van der Waals surface area contributed by atoms with Gasteiger partial charge in [0.15, 0.2) is 5.13 Å². The molecular weight excluding hydrogens is 254 g/mol. The second-order valence-electron chi connectivity index (χ2n) is 5.74. The lowest BCUT2D eigenvalue weighted by molar-refractivity contribution is 0.625. The maximum Gasteiger partial charge on any atom is 0.186 e. The molecule has 2 atom stereocenters. The first kappa shape index (κ1) is 14.8. The van der Waals surface area contributed by atoms with Gasteiger partial charge in [-0.25, -0.2) is 4.98 Å². The van der Waals surface area contributed by atoms with Crippen LogP contribution in [0.3, 0.4) is 0 Å². The summed E-state index contributed by atoms with van der Waals surface area (Å²) in [7, 11) is 0. The second-order valence-corrected chi connectivity index (χ2v) is 6.80. The van der Waals surface area contributed by atoms with E-state index in [2.05, 4.69) is 37.9 Å². The Kier molecular flexibility index (Phi) is 5.22. The third-order valence-corrected chi connectivity index (χ3v) is 4.98. The minimum atomic E-state index is 0.641. The molecule has 2 unspecified atom stereocenters. The highest BCUT2D eigenvalue weighted by atomic mass is 32.1. The maximum atomic E-state index is 4.88. The van der Waals surface area contributed by atoms with Crippen LogP contribution in [0.15, 0.2) is 0 Å². The molecule has 0 saturated carbocycles. The van der Waals surface area contributed by atoms with Crippen molar-refractivity contribution in [3.05, 3.63) is 10.6 Å². The molecule has 4 heteroatoms. The maximum absolute atomic E-state index is 4.88. The van der Waals surface area contributed by atoms with Gasteiger partial charge in [-0.3, -0.25) is 0 Å². The van der Waals surface area contributed by atoms with Crippen LogP contribution < -0.4 is 10.2 Å². The molecule has 1 aromatic heterocycles. The van der Waals surface area contributed by atoms with E-state index in [0.717, 1.165) is 25.4 Å². The van der Waals surface area contributed by atoms with Crippen LogP contribution in [-0.2, 0) is 13.0 Å². The van der Waals surface area contributed by atoms with Crippen molar-refractivity contribution in [2.45, 2.75) is 59.5 Å². The number of anilines is 1. The molecule has 2 rings (SSSR count). The van der Waals surface area contributed by atoms with Crippen LogP contribution in [0.1, 0.15) is 51.1 Å². The summed E-state index contributed by atoms with van der Waals surface area (Å²) in [6.07, 6.45) is 3.52. The van der Waals surface area contributed by atoms with Gasteiger partial charge < -0.3 is 10.2 Å². The van der Waals surface area contributed by atoms with E-state index in [4.69, 9.17) is 4.98 Å². The van der Waals surface area contributed by atoms with Crippen LogP contribution in [0.25, 0.3) is 0 Å². The van der Waals surface area contributed by atoms with Crippen molar-refractivity contribution in [2.24, 2.45) is 5.92 Å². The van der Waals surface area contributed by atoms with Crippen molar-refractivity contribution in [3.8, 4) is 0 Å². The quantitative estimate of drug-likeness (QED) is 0.810. The van der Waals surface area contributed by atoms with E-state index in [1.807, 2.05) is 11.3 Å². The van der Waals surface area contributed by atoms with Gasteiger partial charge in [-0.1, -0.05) is 20.8 Å². The van der Waals surface area contributed by atoms with Gasteiger partial charge >= 0.3 is 0 Å². The lowest BCUT2D eigenvalue weighted by atomic mass is 10.1. The highest BCUT2D eigenvalue weighted by Gasteiger charge is 2.28. The Hall–Kier alpha value is -0.610. The van der Waals surface area contributed by atoms with Crippen molar-refractivity contribution < 1.29 is 0 Å². The molecule has 0 aliphatic carbocycles. The SMILES string of the molecule is CCCNCc1sc(N2CC(C)CC2C)nc1CC. The molecule has 2 heterocycles. The molecule has 3 nitrogen and oxygen atoms in total. The number of hydrogen-bond donors (Lipinski definition) is 1. The van der Waals surface area contributed by atoms with Crippen LogP contribution in [0.4, 0.5) is 5.13 Å². The average Bonchev–Trinajstić information content (AvgIpc) is 2.93. The number of aryl methyl sites for hydroxylation is 1. The molecule has 108 valence electrons. The van der Waals surface area contributed by atoms with E-state index < -0.39 is 0 Å². The van der Waals surface area contributed by atoms with Crippen molar-refractivity contribution in [1.82, 2.24) is 10.3 Å². The molecule has 0 bridgehead atoms. The molecule has 1 saturated heterocycles. The monoisotopic (exact) mass is 281 g/mol. The highest BCUT2D eigenvalue weighted by Crippen LogP contribution is 2.33. The zero-order chi connectivity index (χ0) is 13.8. The van der Waals surface area contributed by atoms with Gasteiger partial charge in [0.25, 0.3) is 0 Å². The van der Waals surface area contributed by atoms with E-state index in [9.17, 15) is 0 Å². The zero-order valence-electron chi connectivity index (χ0n) is 12.7. The third-order valence-electron chi connectivity index (χ3n) is 3.84. The lowest BCUT2D eigenvalue weighted by Crippen LogP contribution is -2.26. The van der Waals surface area contributed by atoms with Gasteiger partial charge in [0.05, 0.1) is 5.69 Å². The van der Waals surface area contributed by atoms with Gasteiger partial charge in [0, 0.05) is 24.0 Å². The molecular formula is C15H27N3S. The largest absolute Gasteiger partial charge is 0.345 e. The molecule has 19 heavy (non-hydrogen) atoms. The number of rotatable bonds is 6. The van der Waals surface area contributed by atoms with E-state index in [-0.39, 0.29) is 0 Å². The Morgan fingerprint density at radius 2 is 2.16 bits per heavy atom. The highest BCUT2D eigenvalue weighted by molar-refractivity contribution is 7.15. The fourth-order valence-electron chi connectivity index (χ4n) is 2.85. The smallest absolute Gasteiger partial charge is 0.186 e. The number of nitrogens with one attached hydrogen (secondary N) is 1. The molecule has 1 aromatic rings. The Morgan fingerprint density at radius 3 is 2.74 bits per heavy atom. The third kappa shape index (κ3) is 3.48. The van der Waals surface area contributed by atoms with Gasteiger partial charge in [0.1, 0.15) is 0 Å². The summed E-state index contributed by atoms with van der Waals surface area (Å²) in [4.78, 5) is 8.80. The summed E-state index contributed by atoms with van der Waals surface area (Å²) in [6.45, 7) is 12.3. The Labute approximate surface area is 121 Å². The van der Waals surface area contributed by atoms with Gasteiger partial charge in [0.2, 0.25) is 0 Å². The van der Waals surface area contributed by atoms with Crippen LogP contribution >= 0.6 is 11.3 Å². The van der Waals surface area contributed by atoms with Gasteiger partial charge in [-0.15, -0.1) is 11.3 Å². The summed E-state index contributed by atoms with van der Waals surface area (Å²) in [5, 5.41) is 4.74. The average molecular weight is 281 g/mol. The second kappa shape index (κ2) is 6.71. The van der Waals surface area contributed by atoms with Crippen molar-refractivity contribution >= 4 is 16.5 Å². The summed E-state index contributed by atoms with van der Waals surface area (Å²) >= 11 is 1.89. The fourth-order valence-corrected chi connectivity index (χ4v) is 4.08. The Balaban J connectivity index is 2.09. The van der Waals surface area contributed by atoms with Crippen molar-refractivity contribution in [3.63, 3.8) is 0 Å². The molecule has 0 amide bonds. The molecule has 0 radical (unpaired) electrons. The fraction of sp³-hybridized carbons (Fsp3) is 0.800. The summed E-state index contributed by atoms with van der Waals surface area (Å²) in [5.41, 5.74) is 1.29. The zero-order valence-corrected chi connectivity index (χ0v) is 13.5. The molecule has 1 fully saturated rings. The number of aromatic nitrogens is 1. The normalized spacial score (nSPS) is 23.3. The van der Waals surface area contributed by atoms with Crippen LogP contribution in [0, 0.1) is 5.92 Å². The Bertz CT molecular complexity index is 402. The topological polar surface area (TPSA) is 28.2 Å². The molecule has 1 aliphatic heterocycles. The minimum absolute atomic E-state index is 0.641. The molecule has 0 spiro atoms. The van der Waals surface area contributed by atoms with E-state index in [1.165, 1.54) is 35.1 Å². The van der Waals surface area contributed by atoms with Gasteiger partial charge in [-0.05, 0) is 38.6 Å². The first-order chi connectivity index (χ1) is 9.15. The predicted molar refractivity (Wildman–Crippen MR) is 84.1 cm³/mol. The van der Waals surface area contributed by atoms with Crippen LogP contribution in [0.5, 0.6) is 0 Å². The minimum Gasteiger partial charge on any atom is -0.345 e. The number of nitrogens with zero attached hydrogens (tertiary/aromatic N) is 2. The number of hydrogen-bond acceptors (Lipinski definition) is 4. The number of thiazole rings is 1. The molecule has 1 aliphatic rings. The predicted octanol–water partition coefficient (Wildman–Crippen LogP) is 3.44. The van der Waals surface area contributed by atoms with Crippen LogP contribution in [0.2, 0.25) is 0 Å². The summed E-state index contributed by atoms with van der Waals surface area (Å²) in [5.74, 6) is 0.797. The first-order valence-corrected chi connectivity index (χ1v) is 8.43.